The standard InChI is InChI=1S/C15H20N2O/c1-3-5-13(10-16)18-14-7-4-6-12-9-8-11(2)17-15(12)14/h4,6-9,13H,3,5,10,16H2,1-2H3. The molecular weight excluding hydrogens is 224 g/mol. The van der Waals surface area contributed by atoms with E-state index >= 15 is 0 Å². The monoisotopic (exact) mass is 244 g/mol. The second-order valence-electron chi connectivity index (χ2n) is 4.54. The van der Waals surface area contributed by atoms with E-state index in [0.29, 0.717) is 6.54 Å². The normalized spacial score (nSPS) is 12.6. The molecule has 0 aliphatic carbocycles. The van der Waals surface area contributed by atoms with Crippen LogP contribution in [-0.4, -0.2) is 17.6 Å². The van der Waals surface area contributed by atoms with Gasteiger partial charge in [-0.05, 0) is 25.5 Å². The Bertz CT molecular complexity index is 525. The summed E-state index contributed by atoms with van der Waals surface area (Å²) in [5, 5.41) is 1.10. The molecule has 0 fully saturated rings. The Balaban J connectivity index is 2.34. The third-order valence-corrected chi connectivity index (χ3v) is 2.99. The highest BCUT2D eigenvalue weighted by molar-refractivity contribution is 5.84. The minimum atomic E-state index is 0.0721. The summed E-state index contributed by atoms with van der Waals surface area (Å²) in [7, 11) is 0. The van der Waals surface area contributed by atoms with Gasteiger partial charge in [0.2, 0.25) is 0 Å². The van der Waals surface area contributed by atoms with Gasteiger partial charge in [0.15, 0.2) is 0 Å². The number of aryl methyl sites for hydroxylation is 1. The van der Waals surface area contributed by atoms with Crippen molar-refractivity contribution in [3.63, 3.8) is 0 Å². The fraction of sp³-hybridized carbons (Fsp3) is 0.400. The van der Waals surface area contributed by atoms with Gasteiger partial charge in [0.05, 0.1) is 0 Å². The summed E-state index contributed by atoms with van der Waals surface area (Å²) in [6.45, 7) is 4.66. The molecule has 0 spiro atoms. The molecule has 1 aromatic carbocycles. The first-order chi connectivity index (χ1) is 8.74. The number of benzene rings is 1. The third kappa shape index (κ3) is 2.79. The highest BCUT2D eigenvalue weighted by atomic mass is 16.5. The fourth-order valence-corrected chi connectivity index (χ4v) is 2.04. The molecule has 2 aromatic rings. The Hall–Kier alpha value is -1.61. The molecule has 0 saturated heterocycles. The van der Waals surface area contributed by atoms with Crippen LogP contribution in [0.3, 0.4) is 0 Å². The van der Waals surface area contributed by atoms with Crippen LogP contribution in [0.2, 0.25) is 0 Å². The highest BCUT2D eigenvalue weighted by Crippen LogP contribution is 2.25. The number of hydrogen-bond acceptors (Lipinski definition) is 3. The van der Waals surface area contributed by atoms with Crippen LogP contribution in [0.15, 0.2) is 30.3 Å². The molecule has 0 aliphatic rings. The van der Waals surface area contributed by atoms with Gasteiger partial charge in [-0.15, -0.1) is 0 Å². The molecule has 0 bridgehead atoms. The number of fused-ring (bicyclic) bond motifs is 1. The SMILES string of the molecule is CCCC(CN)Oc1cccc2ccc(C)nc12. The van der Waals surface area contributed by atoms with Gasteiger partial charge in [0.25, 0.3) is 0 Å². The lowest BCUT2D eigenvalue weighted by Crippen LogP contribution is -2.26. The van der Waals surface area contributed by atoms with Crippen molar-refractivity contribution in [3.8, 4) is 5.75 Å². The predicted octanol–water partition coefficient (Wildman–Crippen LogP) is 3.05. The van der Waals surface area contributed by atoms with Crippen molar-refractivity contribution < 1.29 is 4.74 Å². The smallest absolute Gasteiger partial charge is 0.146 e. The fourth-order valence-electron chi connectivity index (χ4n) is 2.04. The van der Waals surface area contributed by atoms with Crippen molar-refractivity contribution in [3.05, 3.63) is 36.0 Å². The van der Waals surface area contributed by atoms with Crippen LogP contribution in [0.1, 0.15) is 25.5 Å². The zero-order valence-corrected chi connectivity index (χ0v) is 11.0. The average molecular weight is 244 g/mol. The van der Waals surface area contributed by atoms with Gasteiger partial charge < -0.3 is 10.5 Å². The largest absolute Gasteiger partial charge is 0.487 e. The van der Waals surface area contributed by atoms with Gasteiger partial charge in [-0.1, -0.05) is 31.5 Å². The van der Waals surface area contributed by atoms with Crippen molar-refractivity contribution >= 4 is 10.9 Å². The second kappa shape index (κ2) is 5.83. The number of hydrogen-bond donors (Lipinski definition) is 1. The van der Waals surface area contributed by atoms with Crippen molar-refractivity contribution in [2.24, 2.45) is 5.73 Å². The predicted molar refractivity (Wildman–Crippen MR) is 74.9 cm³/mol. The Morgan fingerprint density at radius 2 is 2.11 bits per heavy atom. The van der Waals surface area contributed by atoms with E-state index in [4.69, 9.17) is 10.5 Å². The number of aromatic nitrogens is 1. The van der Waals surface area contributed by atoms with E-state index in [2.05, 4.69) is 18.0 Å². The highest BCUT2D eigenvalue weighted by Gasteiger charge is 2.10. The molecule has 3 heteroatoms. The average Bonchev–Trinajstić information content (AvgIpc) is 2.38. The number of ether oxygens (including phenoxy) is 1. The molecule has 3 nitrogen and oxygen atoms in total. The van der Waals surface area contributed by atoms with Gasteiger partial charge in [-0.25, -0.2) is 4.98 Å². The molecule has 0 saturated carbocycles. The van der Waals surface area contributed by atoms with Crippen LogP contribution in [-0.2, 0) is 0 Å². The lowest BCUT2D eigenvalue weighted by atomic mass is 10.1. The second-order valence-corrected chi connectivity index (χ2v) is 4.54. The molecule has 1 heterocycles. The zero-order chi connectivity index (χ0) is 13.0. The number of para-hydroxylation sites is 1. The van der Waals surface area contributed by atoms with Gasteiger partial charge in [0, 0.05) is 17.6 Å². The molecule has 1 aromatic heterocycles. The van der Waals surface area contributed by atoms with E-state index in [9.17, 15) is 0 Å². The summed E-state index contributed by atoms with van der Waals surface area (Å²) in [5.41, 5.74) is 7.66. The first kappa shape index (κ1) is 12.8. The van der Waals surface area contributed by atoms with E-state index in [1.165, 1.54) is 0 Å². The summed E-state index contributed by atoms with van der Waals surface area (Å²) in [4.78, 5) is 4.56. The summed E-state index contributed by atoms with van der Waals surface area (Å²) in [6, 6.07) is 10.1. The molecule has 2 rings (SSSR count). The van der Waals surface area contributed by atoms with E-state index in [0.717, 1.165) is 35.2 Å². The van der Waals surface area contributed by atoms with Crippen LogP contribution < -0.4 is 10.5 Å². The first-order valence-electron chi connectivity index (χ1n) is 6.47. The molecule has 1 unspecified atom stereocenters. The lowest BCUT2D eigenvalue weighted by molar-refractivity contribution is 0.200. The lowest BCUT2D eigenvalue weighted by Gasteiger charge is -2.17. The summed E-state index contributed by atoms with van der Waals surface area (Å²) in [6.07, 6.45) is 2.11. The third-order valence-electron chi connectivity index (χ3n) is 2.99. The van der Waals surface area contributed by atoms with Gasteiger partial charge in [0.1, 0.15) is 17.4 Å². The molecular formula is C15H20N2O. The summed E-state index contributed by atoms with van der Waals surface area (Å²) < 4.78 is 5.98. The van der Waals surface area contributed by atoms with Crippen LogP contribution >= 0.6 is 0 Å². The van der Waals surface area contributed by atoms with Crippen molar-refractivity contribution in [2.75, 3.05) is 6.54 Å². The quantitative estimate of drug-likeness (QED) is 0.879. The van der Waals surface area contributed by atoms with E-state index in [1.54, 1.807) is 0 Å². The summed E-state index contributed by atoms with van der Waals surface area (Å²) >= 11 is 0. The van der Waals surface area contributed by atoms with E-state index < -0.39 is 0 Å². The maximum absolute atomic E-state index is 5.98. The van der Waals surface area contributed by atoms with Gasteiger partial charge in [-0.3, -0.25) is 0 Å². The Morgan fingerprint density at radius 1 is 1.28 bits per heavy atom. The first-order valence-corrected chi connectivity index (χ1v) is 6.47. The summed E-state index contributed by atoms with van der Waals surface area (Å²) in [5.74, 6) is 0.833. The van der Waals surface area contributed by atoms with Crippen LogP contribution in [0.5, 0.6) is 5.75 Å². The molecule has 1 atom stereocenters. The van der Waals surface area contributed by atoms with Gasteiger partial charge >= 0.3 is 0 Å². The maximum atomic E-state index is 5.98. The van der Waals surface area contributed by atoms with Crippen LogP contribution in [0, 0.1) is 6.92 Å². The number of nitrogens with zero attached hydrogens (tertiary/aromatic N) is 1. The Labute approximate surface area is 108 Å². The van der Waals surface area contributed by atoms with Crippen LogP contribution in [0.4, 0.5) is 0 Å². The van der Waals surface area contributed by atoms with E-state index in [-0.39, 0.29) is 6.10 Å². The minimum Gasteiger partial charge on any atom is -0.487 e. The van der Waals surface area contributed by atoms with E-state index in [1.807, 2.05) is 31.2 Å². The number of nitrogens with two attached hydrogens (primary N) is 1. The van der Waals surface area contributed by atoms with Crippen LogP contribution in [0.25, 0.3) is 10.9 Å². The molecule has 18 heavy (non-hydrogen) atoms. The maximum Gasteiger partial charge on any atom is 0.146 e. The molecule has 2 N–H and O–H groups in total. The minimum absolute atomic E-state index is 0.0721. The van der Waals surface area contributed by atoms with Crippen molar-refractivity contribution in [1.29, 1.82) is 0 Å². The Kier molecular flexibility index (Phi) is 4.15. The zero-order valence-electron chi connectivity index (χ0n) is 11.0. The number of rotatable bonds is 5. The molecule has 0 radical (unpaired) electrons. The Morgan fingerprint density at radius 3 is 2.83 bits per heavy atom. The van der Waals surface area contributed by atoms with Gasteiger partial charge in [-0.2, -0.15) is 0 Å². The number of pyridine rings is 1. The van der Waals surface area contributed by atoms with Crippen molar-refractivity contribution in [2.45, 2.75) is 32.8 Å². The molecule has 0 aliphatic heterocycles. The topological polar surface area (TPSA) is 48.1 Å². The molecule has 0 amide bonds. The van der Waals surface area contributed by atoms with Crippen molar-refractivity contribution in [1.82, 2.24) is 4.98 Å². The molecule has 96 valence electrons.